The van der Waals surface area contributed by atoms with Crippen LogP contribution in [0, 0.1) is 3.57 Å². The lowest BCUT2D eigenvalue weighted by molar-refractivity contribution is -0.137. The van der Waals surface area contributed by atoms with Gasteiger partial charge in [-0.3, -0.25) is 0 Å². The largest absolute Gasteiger partial charge is 0.464 e. The number of aromatic nitrogens is 1. The number of nitrogens with zero attached hydrogens (tertiary/aromatic N) is 1. The molecule has 0 amide bonds. The molecule has 0 fully saturated rings. The average Bonchev–Trinajstić information content (AvgIpc) is 2.46. The number of benzene rings is 1. The highest BCUT2D eigenvalue weighted by Gasteiger charge is 2.32. The minimum absolute atomic E-state index is 0.0682. The molecule has 3 nitrogen and oxygen atoms in total. The first-order valence-corrected chi connectivity index (χ1v) is 7.80. The normalized spacial score (nSPS) is 11.4. The second kappa shape index (κ2) is 6.82. The molecule has 0 bridgehead atoms. The molecule has 0 aliphatic carbocycles. The van der Waals surface area contributed by atoms with Crippen molar-refractivity contribution in [2.24, 2.45) is 0 Å². The van der Waals surface area contributed by atoms with E-state index in [0.29, 0.717) is 0 Å². The van der Waals surface area contributed by atoms with Gasteiger partial charge in [0.25, 0.3) is 0 Å². The summed E-state index contributed by atoms with van der Waals surface area (Å²) >= 11 is 13.6. The number of hydrogen-bond donors (Lipinski definition) is 0. The highest BCUT2D eigenvalue weighted by atomic mass is 127. The number of hydrogen-bond acceptors (Lipinski definition) is 3. The number of ether oxygens (including phenoxy) is 1. The summed E-state index contributed by atoms with van der Waals surface area (Å²) in [7, 11) is 1.17. The molecule has 0 atom stereocenters. The second-order valence-corrected chi connectivity index (χ2v) is 6.31. The van der Waals surface area contributed by atoms with Gasteiger partial charge in [-0.2, -0.15) is 13.2 Å². The SMILES string of the molecule is COC(=O)c1nc(-c2c(Cl)cc(C(F)(F)F)cc2I)ccc1Cl. The lowest BCUT2D eigenvalue weighted by atomic mass is 10.1. The van der Waals surface area contributed by atoms with Gasteiger partial charge in [0.1, 0.15) is 0 Å². The Morgan fingerprint density at radius 3 is 2.39 bits per heavy atom. The Balaban J connectivity index is 2.62. The van der Waals surface area contributed by atoms with Gasteiger partial charge in [0.2, 0.25) is 0 Å². The molecular formula is C14H7Cl2F3INO2. The number of halogens is 6. The van der Waals surface area contributed by atoms with Crippen LogP contribution in [-0.2, 0) is 10.9 Å². The number of rotatable bonds is 2. The van der Waals surface area contributed by atoms with Crippen molar-refractivity contribution in [2.45, 2.75) is 6.18 Å². The van der Waals surface area contributed by atoms with Crippen molar-refractivity contribution in [2.75, 3.05) is 7.11 Å². The van der Waals surface area contributed by atoms with Crippen molar-refractivity contribution in [1.82, 2.24) is 4.98 Å². The topological polar surface area (TPSA) is 39.2 Å². The van der Waals surface area contributed by atoms with E-state index in [-0.39, 0.29) is 30.6 Å². The van der Waals surface area contributed by atoms with Crippen LogP contribution in [0.15, 0.2) is 24.3 Å². The first-order valence-electron chi connectivity index (χ1n) is 5.96. The molecule has 0 spiro atoms. The lowest BCUT2D eigenvalue weighted by Gasteiger charge is -2.13. The number of esters is 1. The number of alkyl halides is 3. The van der Waals surface area contributed by atoms with E-state index in [0.717, 1.165) is 12.1 Å². The Morgan fingerprint density at radius 1 is 1.22 bits per heavy atom. The van der Waals surface area contributed by atoms with Crippen molar-refractivity contribution in [3.05, 3.63) is 49.1 Å². The maximum atomic E-state index is 12.8. The van der Waals surface area contributed by atoms with Gasteiger partial charge in [-0.05, 0) is 46.9 Å². The third-order valence-electron chi connectivity index (χ3n) is 2.85. The van der Waals surface area contributed by atoms with Crippen LogP contribution in [0.5, 0.6) is 0 Å². The first-order chi connectivity index (χ1) is 10.6. The number of pyridine rings is 1. The molecular weight excluding hydrogens is 469 g/mol. The van der Waals surface area contributed by atoms with Crippen LogP contribution in [0.2, 0.25) is 10.0 Å². The molecule has 0 saturated heterocycles. The van der Waals surface area contributed by atoms with E-state index in [4.69, 9.17) is 23.2 Å². The molecule has 1 aromatic heterocycles. The summed E-state index contributed by atoms with van der Waals surface area (Å²) in [5.41, 5.74) is -0.503. The van der Waals surface area contributed by atoms with Crippen LogP contribution < -0.4 is 0 Å². The van der Waals surface area contributed by atoms with Crippen LogP contribution in [-0.4, -0.2) is 18.1 Å². The Bertz CT molecular complexity index is 758. The van der Waals surface area contributed by atoms with Gasteiger partial charge in [0.15, 0.2) is 5.69 Å². The third kappa shape index (κ3) is 3.89. The highest BCUT2D eigenvalue weighted by Crippen LogP contribution is 2.38. The molecule has 0 radical (unpaired) electrons. The van der Waals surface area contributed by atoms with Crippen LogP contribution in [0.1, 0.15) is 16.1 Å². The van der Waals surface area contributed by atoms with Gasteiger partial charge < -0.3 is 4.74 Å². The van der Waals surface area contributed by atoms with E-state index in [1.54, 1.807) is 22.6 Å². The van der Waals surface area contributed by atoms with Crippen LogP contribution in [0.3, 0.4) is 0 Å². The quantitative estimate of drug-likeness (QED) is 0.427. The maximum absolute atomic E-state index is 12.8. The lowest BCUT2D eigenvalue weighted by Crippen LogP contribution is -2.08. The maximum Gasteiger partial charge on any atom is 0.416 e. The van der Waals surface area contributed by atoms with E-state index < -0.39 is 17.7 Å². The molecule has 2 rings (SSSR count). The predicted octanol–water partition coefficient (Wildman–Crippen LogP) is 5.47. The zero-order valence-electron chi connectivity index (χ0n) is 11.3. The van der Waals surface area contributed by atoms with Gasteiger partial charge in [0, 0.05) is 9.13 Å². The van der Waals surface area contributed by atoms with Crippen molar-refractivity contribution in [3.8, 4) is 11.3 Å². The van der Waals surface area contributed by atoms with Gasteiger partial charge >= 0.3 is 12.1 Å². The van der Waals surface area contributed by atoms with Gasteiger partial charge in [-0.15, -0.1) is 0 Å². The molecule has 2 aromatic rings. The summed E-state index contributed by atoms with van der Waals surface area (Å²) < 4.78 is 43.2. The Labute approximate surface area is 152 Å². The summed E-state index contributed by atoms with van der Waals surface area (Å²) in [6, 6.07) is 4.63. The fourth-order valence-electron chi connectivity index (χ4n) is 1.80. The fourth-order valence-corrected chi connectivity index (χ4v) is 3.36. The predicted molar refractivity (Wildman–Crippen MR) is 88.8 cm³/mol. The van der Waals surface area contributed by atoms with Crippen molar-refractivity contribution >= 4 is 51.8 Å². The standard InChI is InChI=1S/C14H7Cl2F3INO2/c1-23-13(22)12-7(15)2-3-10(21-12)11-8(16)4-6(5-9(11)20)14(17,18)19/h2-5H,1H3. The summed E-state index contributed by atoms with van der Waals surface area (Å²) in [4.78, 5) is 15.7. The van der Waals surface area contributed by atoms with E-state index in [9.17, 15) is 18.0 Å². The van der Waals surface area contributed by atoms with Crippen LogP contribution in [0.4, 0.5) is 13.2 Å². The smallest absolute Gasteiger partial charge is 0.416 e. The minimum atomic E-state index is -4.51. The van der Waals surface area contributed by atoms with Gasteiger partial charge in [-0.25, -0.2) is 9.78 Å². The highest BCUT2D eigenvalue weighted by molar-refractivity contribution is 14.1. The van der Waals surface area contributed by atoms with Crippen molar-refractivity contribution in [3.63, 3.8) is 0 Å². The molecule has 1 heterocycles. The molecule has 122 valence electrons. The first kappa shape index (κ1) is 18.3. The average molecular weight is 476 g/mol. The van der Waals surface area contributed by atoms with Crippen LogP contribution in [0.25, 0.3) is 11.3 Å². The van der Waals surface area contributed by atoms with Gasteiger partial charge in [-0.1, -0.05) is 23.2 Å². The zero-order chi connectivity index (χ0) is 17.4. The molecule has 0 unspecified atom stereocenters. The van der Waals surface area contributed by atoms with Gasteiger partial charge in [0.05, 0.1) is 28.4 Å². The Hall–Kier alpha value is -1.06. The molecule has 9 heteroatoms. The van der Waals surface area contributed by atoms with E-state index in [1.807, 2.05) is 0 Å². The Kier molecular flexibility index (Phi) is 5.42. The van der Waals surface area contributed by atoms with E-state index in [2.05, 4.69) is 9.72 Å². The monoisotopic (exact) mass is 475 g/mol. The molecule has 23 heavy (non-hydrogen) atoms. The number of methoxy groups -OCH3 is 1. The third-order valence-corrected chi connectivity index (χ3v) is 4.30. The summed E-state index contributed by atoms with van der Waals surface area (Å²) in [5, 5.41) is -0.0616. The van der Waals surface area contributed by atoms with E-state index in [1.165, 1.54) is 19.2 Å². The molecule has 1 aromatic carbocycles. The molecule has 0 aliphatic heterocycles. The van der Waals surface area contributed by atoms with E-state index >= 15 is 0 Å². The number of carbonyl (C=O) groups excluding carboxylic acids is 1. The molecule has 0 N–H and O–H groups in total. The Morgan fingerprint density at radius 2 is 1.87 bits per heavy atom. The minimum Gasteiger partial charge on any atom is -0.464 e. The second-order valence-electron chi connectivity index (χ2n) is 4.33. The molecule has 0 saturated carbocycles. The molecule has 0 aliphatic rings. The van der Waals surface area contributed by atoms with Crippen molar-refractivity contribution < 1.29 is 22.7 Å². The van der Waals surface area contributed by atoms with Crippen molar-refractivity contribution in [1.29, 1.82) is 0 Å². The summed E-state index contributed by atoms with van der Waals surface area (Å²) in [6.07, 6.45) is -4.51. The number of carbonyl (C=O) groups is 1. The fraction of sp³-hybridized carbons (Fsp3) is 0.143. The zero-order valence-corrected chi connectivity index (χ0v) is 15.0. The van der Waals surface area contributed by atoms with Crippen LogP contribution >= 0.6 is 45.8 Å². The summed E-state index contributed by atoms with van der Waals surface area (Å²) in [6.45, 7) is 0. The summed E-state index contributed by atoms with van der Waals surface area (Å²) in [5.74, 6) is -0.755.